The van der Waals surface area contributed by atoms with E-state index < -0.39 is 10.0 Å². The largest absolute Gasteiger partial charge is 0.336 e. The third-order valence-electron chi connectivity index (χ3n) is 4.11. The maximum atomic E-state index is 12.6. The molecule has 2 rings (SSSR count). The minimum atomic E-state index is -3.21. The third-order valence-corrected chi connectivity index (χ3v) is 5.51. The first kappa shape index (κ1) is 16.0. The molecular weight excluding hydrogens is 288 g/mol. The lowest BCUT2D eigenvalue weighted by Gasteiger charge is -2.38. The fourth-order valence-electron chi connectivity index (χ4n) is 2.77. The van der Waals surface area contributed by atoms with E-state index in [0.29, 0.717) is 25.2 Å². The van der Waals surface area contributed by atoms with E-state index >= 15 is 0 Å². The zero-order valence-corrected chi connectivity index (χ0v) is 13.8. The van der Waals surface area contributed by atoms with Gasteiger partial charge in [0.05, 0.1) is 6.26 Å². The van der Waals surface area contributed by atoms with Gasteiger partial charge in [-0.1, -0.05) is 12.1 Å². The van der Waals surface area contributed by atoms with Crippen molar-refractivity contribution < 1.29 is 13.2 Å². The maximum absolute atomic E-state index is 12.6. The van der Waals surface area contributed by atoms with E-state index in [1.54, 1.807) is 4.90 Å². The van der Waals surface area contributed by atoms with Crippen LogP contribution in [0.25, 0.3) is 0 Å². The Hall–Kier alpha value is -1.40. The van der Waals surface area contributed by atoms with E-state index in [1.165, 1.54) is 10.6 Å². The number of rotatable bonds is 2. The minimum Gasteiger partial charge on any atom is -0.336 e. The molecule has 116 valence electrons. The van der Waals surface area contributed by atoms with Gasteiger partial charge in [0.2, 0.25) is 10.0 Å². The smallest absolute Gasteiger partial charge is 0.254 e. The Labute approximate surface area is 126 Å². The monoisotopic (exact) mass is 310 g/mol. The standard InChI is InChI=1S/C15H22N2O3S/c1-11-6-5-7-14(13(11)3)15(18)16-8-9-17(12(2)10-16)21(4,19)20/h5-7,12H,8-10H2,1-4H3/t12-/m0/s1. The van der Waals surface area contributed by atoms with Crippen LogP contribution in [0.4, 0.5) is 0 Å². The fraction of sp³-hybridized carbons (Fsp3) is 0.533. The van der Waals surface area contributed by atoms with Crippen molar-refractivity contribution in [1.82, 2.24) is 9.21 Å². The molecule has 1 heterocycles. The van der Waals surface area contributed by atoms with E-state index in [1.807, 2.05) is 39.0 Å². The van der Waals surface area contributed by atoms with Crippen LogP contribution in [0.15, 0.2) is 18.2 Å². The highest BCUT2D eigenvalue weighted by molar-refractivity contribution is 7.88. The molecule has 0 spiro atoms. The highest BCUT2D eigenvalue weighted by atomic mass is 32.2. The van der Waals surface area contributed by atoms with Crippen molar-refractivity contribution in [2.24, 2.45) is 0 Å². The number of hydrogen-bond donors (Lipinski definition) is 0. The SMILES string of the molecule is Cc1cccc(C(=O)N2CCN(S(C)(=O)=O)[C@@H](C)C2)c1C. The summed E-state index contributed by atoms with van der Waals surface area (Å²) in [5.41, 5.74) is 2.78. The van der Waals surface area contributed by atoms with Gasteiger partial charge in [-0.15, -0.1) is 0 Å². The van der Waals surface area contributed by atoms with Gasteiger partial charge in [0.15, 0.2) is 0 Å². The van der Waals surface area contributed by atoms with Crippen LogP contribution in [0.3, 0.4) is 0 Å². The second-order valence-electron chi connectivity index (χ2n) is 5.72. The zero-order valence-electron chi connectivity index (χ0n) is 13.0. The van der Waals surface area contributed by atoms with E-state index in [-0.39, 0.29) is 11.9 Å². The van der Waals surface area contributed by atoms with Gasteiger partial charge in [0.1, 0.15) is 0 Å². The van der Waals surface area contributed by atoms with Gasteiger partial charge in [-0.3, -0.25) is 4.79 Å². The number of hydrogen-bond acceptors (Lipinski definition) is 3. The zero-order chi connectivity index (χ0) is 15.8. The van der Waals surface area contributed by atoms with Gasteiger partial charge in [0, 0.05) is 31.2 Å². The molecule has 5 nitrogen and oxygen atoms in total. The average molecular weight is 310 g/mol. The van der Waals surface area contributed by atoms with Crippen LogP contribution >= 0.6 is 0 Å². The Bertz CT molecular complexity index is 655. The van der Waals surface area contributed by atoms with Gasteiger partial charge in [-0.25, -0.2) is 8.42 Å². The summed E-state index contributed by atoms with van der Waals surface area (Å²) in [5, 5.41) is 0. The van der Waals surface area contributed by atoms with Gasteiger partial charge < -0.3 is 4.90 Å². The summed E-state index contributed by atoms with van der Waals surface area (Å²) in [6.45, 7) is 6.98. The number of benzene rings is 1. The summed E-state index contributed by atoms with van der Waals surface area (Å²) < 4.78 is 24.8. The van der Waals surface area contributed by atoms with Crippen molar-refractivity contribution in [3.63, 3.8) is 0 Å². The van der Waals surface area contributed by atoms with Crippen molar-refractivity contribution in [2.75, 3.05) is 25.9 Å². The summed E-state index contributed by atoms with van der Waals surface area (Å²) >= 11 is 0. The molecule has 1 saturated heterocycles. The molecule has 0 radical (unpaired) electrons. The third kappa shape index (κ3) is 3.27. The summed E-state index contributed by atoms with van der Waals surface area (Å²) in [5.74, 6) is -0.0174. The van der Waals surface area contributed by atoms with Crippen LogP contribution in [0.1, 0.15) is 28.4 Å². The molecule has 0 bridgehead atoms. The molecule has 1 amide bonds. The van der Waals surface area contributed by atoms with Crippen LogP contribution in [-0.2, 0) is 10.0 Å². The molecule has 0 aliphatic carbocycles. The number of carbonyl (C=O) groups is 1. The predicted molar refractivity (Wildman–Crippen MR) is 82.8 cm³/mol. The lowest BCUT2D eigenvalue weighted by Crippen LogP contribution is -2.55. The Morgan fingerprint density at radius 1 is 1.24 bits per heavy atom. The van der Waals surface area contributed by atoms with Gasteiger partial charge in [0.25, 0.3) is 5.91 Å². The topological polar surface area (TPSA) is 57.7 Å². The van der Waals surface area contributed by atoms with Gasteiger partial charge in [-0.05, 0) is 38.0 Å². The van der Waals surface area contributed by atoms with Crippen LogP contribution < -0.4 is 0 Å². The Balaban J connectivity index is 2.18. The summed E-state index contributed by atoms with van der Waals surface area (Å²) in [4.78, 5) is 14.4. The number of aryl methyl sites for hydroxylation is 1. The maximum Gasteiger partial charge on any atom is 0.254 e. The predicted octanol–water partition coefficient (Wildman–Crippen LogP) is 1.41. The molecule has 1 aromatic rings. The first-order chi connectivity index (χ1) is 9.71. The molecule has 1 fully saturated rings. The van der Waals surface area contributed by atoms with Crippen molar-refractivity contribution in [1.29, 1.82) is 0 Å². The van der Waals surface area contributed by atoms with Crippen LogP contribution in [-0.4, -0.2) is 55.5 Å². The summed E-state index contributed by atoms with van der Waals surface area (Å²) in [6.07, 6.45) is 1.21. The molecule has 6 heteroatoms. The van der Waals surface area contributed by atoms with Crippen molar-refractivity contribution in [2.45, 2.75) is 26.8 Å². The van der Waals surface area contributed by atoms with Gasteiger partial charge >= 0.3 is 0 Å². The molecular formula is C15H22N2O3S. The fourth-order valence-corrected chi connectivity index (χ4v) is 3.90. The second-order valence-corrected chi connectivity index (χ2v) is 7.66. The average Bonchev–Trinajstić information content (AvgIpc) is 2.39. The normalized spacial score (nSPS) is 20.6. The number of piperazine rings is 1. The van der Waals surface area contributed by atoms with Crippen LogP contribution in [0.2, 0.25) is 0 Å². The van der Waals surface area contributed by atoms with Crippen LogP contribution in [0, 0.1) is 13.8 Å². The van der Waals surface area contributed by atoms with Crippen molar-refractivity contribution in [3.05, 3.63) is 34.9 Å². The van der Waals surface area contributed by atoms with E-state index in [2.05, 4.69) is 0 Å². The molecule has 1 aromatic carbocycles. The number of nitrogens with zero attached hydrogens (tertiary/aromatic N) is 2. The van der Waals surface area contributed by atoms with E-state index in [9.17, 15) is 13.2 Å². The summed E-state index contributed by atoms with van der Waals surface area (Å²) in [7, 11) is -3.21. The second kappa shape index (κ2) is 5.77. The molecule has 0 N–H and O–H groups in total. The highest BCUT2D eigenvalue weighted by Crippen LogP contribution is 2.19. The summed E-state index contributed by atoms with van der Waals surface area (Å²) in [6, 6.07) is 5.50. The molecule has 0 saturated carbocycles. The molecule has 0 aromatic heterocycles. The quantitative estimate of drug-likeness (QED) is 0.830. The minimum absolute atomic E-state index is 0.0174. The highest BCUT2D eigenvalue weighted by Gasteiger charge is 2.32. The van der Waals surface area contributed by atoms with Crippen LogP contribution in [0.5, 0.6) is 0 Å². The molecule has 21 heavy (non-hydrogen) atoms. The lowest BCUT2D eigenvalue weighted by molar-refractivity contribution is 0.0642. The van der Waals surface area contributed by atoms with Crippen molar-refractivity contribution in [3.8, 4) is 0 Å². The Morgan fingerprint density at radius 2 is 1.90 bits per heavy atom. The van der Waals surface area contributed by atoms with Gasteiger partial charge in [-0.2, -0.15) is 4.31 Å². The Morgan fingerprint density at radius 3 is 2.48 bits per heavy atom. The first-order valence-electron chi connectivity index (χ1n) is 7.04. The lowest BCUT2D eigenvalue weighted by atomic mass is 10.0. The molecule has 1 aliphatic rings. The molecule has 1 atom stereocenters. The molecule has 0 unspecified atom stereocenters. The Kier molecular flexibility index (Phi) is 4.39. The van der Waals surface area contributed by atoms with Crippen molar-refractivity contribution >= 4 is 15.9 Å². The molecule has 1 aliphatic heterocycles. The number of amides is 1. The first-order valence-corrected chi connectivity index (χ1v) is 8.89. The number of carbonyl (C=O) groups excluding carboxylic acids is 1. The van der Waals surface area contributed by atoms with E-state index in [0.717, 1.165) is 11.1 Å². The number of sulfonamides is 1. The van der Waals surface area contributed by atoms with E-state index in [4.69, 9.17) is 0 Å².